The SMILES string of the molecule is COc1ccc(F)cc1C(CC(C)C)C(=O)O. The number of methoxy groups -OCH3 is 1. The lowest BCUT2D eigenvalue weighted by Gasteiger charge is -2.17. The smallest absolute Gasteiger partial charge is 0.311 e. The molecular formula is C13H17FO3. The van der Waals surface area contributed by atoms with Crippen molar-refractivity contribution in [1.82, 2.24) is 0 Å². The molecule has 0 spiro atoms. The predicted molar refractivity (Wildman–Crippen MR) is 62.8 cm³/mol. The molecule has 1 unspecified atom stereocenters. The van der Waals surface area contributed by atoms with Gasteiger partial charge in [0.15, 0.2) is 0 Å². The molecule has 0 amide bonds. The van der Waals surface area contributed by atoms with E-state index in [0.29, 0.717) is 17.7 Å². The van der Waals surface area contributed by atoms with Crippen LogP contribution in [0, 0.1) is 11.7 Å². The van der Waals surface area contributed by atoms with Crippen molar-refractivity contribution in [3.8, 4) is 5.75 Å². The number of halogens is 1. The Morgan fingerprint density at radius 1 is 1.47 bits per heavy atom. The third-order valence-electron chi connectivity index (χ3n) is 2.57. The van der Waals surface area contributed by atoms with E-state index in [-0.39, 0.29) is 5.92 Å². The van der Waals surface area contributed by atoms with Gasteiger partial charge in [-0.3, -0.25) is 4.79 Å². The first-order chi connectivity index (χ1) is 7.95. The molecule has 17 heavy (non-hydrogen) atoms. The summed E-state index contributed by atoms with van der Waals surface area (Å²) in [5, 5.41) is 9.21. The standard InChI is InChI=1S/C13H17FO3/c1-8(2)6-11(13(15)16)10-7-9(14)4-5-12(10)17-3/h4-5,7-8,11H,6H2,1-3H3,(H,15,16). The van der Waals surface area contributed by atoms with E-state index < -0.39 is 17.7 Å². The molecule has 1 atom stereocenters. The van der Waals surface area contributed by atoms with E-state index in [9.17, 15) is 14.3 Å². The molecule has 0 aliphatic heterocycles. The van der Waals surface area contributed by atoms with Crippen LogP contribution in [0.3, 0.4) is 0 Å². The van der Waals surface area contributed by atoms with Crippen LogP contribution in [0.15, 0.2) is 18.2 Å². The average molecular weight is 240 g/mol. The van der Waals surface area contributed by atoms with Crippen LogP contribution in [0.4, 0.5) is 4.39 Å². The molecule has 1 aromatic rings. The molecule has 3 nitrogen and oxygen atoms in total. The van der Waals surface area contributed by atoms with Crippen molar-refractivity contribution >= 4 is 5.97 Å². The molecule has 0 aliphatic rings. The van der Waals surface area contributed by atoms with Crippen molar-refractivity contribution in [2.45, 2.75) is 26.2 Å². The van der Waals surface area contributed by atoms with Crippen LogP contribution < -0.4 is 4.74 Å². The van der Waals surface area contributed by atoms with Gasteiger partial charge >= 0.3 is 5.97 Å². The van der Waals surface area contributed by atoms with E-state index in [1.807, 2.05) is 13.8 Å². The second kappa shape index (κ2) is 5.66. The second-order valence-electron chi connectivity index (χ2n) is 4.41. The highest BCUT2D eigenvalue weighted by Crippen LogP contribution is 2.32. The second-order valence-corrected chi connectivity index (χ2v) is 4.41. The summed E-state index contributed by atoms with van der Waals surface area (Å²) >= 11 is 0. The normalized spacial score (nSPS) is 12.5. The van der Waals surface area contributed by atoms with Gasteiger partial charge in [-0.2, -0.15) is 0 Å². The molecule has 0 aromatic heterocycles. The fourth-order valence-electron chi connectivity index (χ4n) is 1.81. The third-order valence-corrected chi connectivity index (χ3v) is 2.57. The van der Waals surface area contributed by atoms with Crippen molar-refractivity contribution in [2.24, 2.45) is 5.92 Å². The Bertz CT molecular complexity index is 402. The van der Waals surface area contributed by atoms with E-state index in [1.54, 1.807) is 0 Å². The molecule has 0 radical (unpaired) electrons. The van der Waals surface area contributed by atoms with Gasteiger partial charge in [-0.05, 0) is 30.5 Å². The number of hydrogen-bond acceptors (Lipinski definition) is 2. The van der Waals surface area contributed by atoms with Crippen molar-refractivity contribution in [2.75, 3.05) is 7.11 Å². The van der Waals surface area contributed by atoms with Gasteiger partial charge in [0, 0.05) is 5.56 Å². The summed E-state index contributed by atoms with van der Waals surface area (Å²) in [6.07, 6.45) is 0.454. The minimum absolute atomic E-state index is 0.212. The van der Waals surface area contributed by atoms with Crippen LogP contribution in [-0.2, 0) is 4.79 Å². The minimum atomic E-state index is -0.956. The summed E-state index contributed by atoms with van der Waals surface area (Å²) in [4.78, 5) is 11.2. The number of ether oxygens (including phenoxy) is 1. The van der Waals surface area contributed by atoms with Gasteiger partial charge in [-0.1, -0.05) is 13.8 Å². The van der Waals surface area contributed by atoms with Gasteiger partial charge < -0.3 is 9.84 Å². The number of hydrogen-bond donors (Lipinski definition) is 1. The highest BCUT2D eigenvalue weighted by molar-refractivity contribution is 5.77. The van der Waals surface area contributed by atoms with E-state index in [0.717, 1.165) is 0 Å². The zero-order chi connectivity index (χ0) is 13.0. The van der Waals surface area contributed by atoms with Crippen molar-refractivity contribution in [3.63, 3.8) is 0 Å². The number of carboxylic acid groups (broad SMARTS) is 1. The molecular weight excluding hydrogens is 223 g/mol. The zero-order valence-corrected chi connectivity index (χ0v) is 10.2. The minimum Gasteiger partial charge on any atom is -0.496 e. The Hall–Kier alpha value is -1.58. The summed E-state index contributed by atoms with van der Waals surface area (Å²) < 4.78 is 18.3. The topological polar surface area (TPSA) is 46.5 Å². The van der Waals surface area contributed by atoms with Crippen molar-refractivity contribution in [1.29, 1.82) is 0 Å². The first kappa shape index (κ1) is 13.5. The van der Waals surface area contributed by atoms with E-state index >= 15 is 0 Å². The lowest BCUT2D eigenvalue weighted by atomic mass is 9.89. The van der Waals surface area contributed by atoms with Gasteiger partial charge in [0.2, 0.25) is 0 Å². The summed E-state index contributed by atoms with van der Waals surface area (Å²) in [5.41, 5.74) is 0.397. The van der Waals surface area contributed by atoms with E-state index in [4.69, 9.17) is 4.74 Å². The fourth-order valence-corrected chi connectivity index (χ4v) is 1.81. The Morgan fingerprint density at radius 3 is 2.59 bits per heavy atom. The summed E-state index contributed by atoms with van der Waals surface area (Å²) in [6.45, 7) is 3.86. The zero-order valence-electron chi connectivity index (χ0n) is 10.2. The highest BCUT2D eigenvalue weighted by Gasteiger charge is 2.24. The Balaban J connectivity index is 3.16. The molecule has 1 rings (SSSR count). The van der Waals surface area contributed by atoms with Crippen LogP contribution in [-0.4, -0.2) is 18.2 Å². The lowest BCUT2D eigenvalue weighted by Crippen LogP contribution is -2.15. The summed E-state index contributed by atoms with van der Waals surface area (Å²) in [6, 6.07) is 3.96. The maximum absolute atomic E-state index is 13.2. The van der Waals surface area contributed by atoms with Crippen LogP contribution in [0.5, 0.6) is 5.75 Å². The lowest BCUT2D eigenvalue weighted by molar-refractivity contribution is -0.139. The van der Waals surface area contributed by atoms with Crippen LogP contribution in [0.2, 0.25) is 0 Å². The first-order valence-corrected chi connectivity index (χ1v) is 5.52. The summed E-state index contributed by atoms with van der Waals surface area (Å²) in [7, 11) is 1.45. The van der Waals surface area contributed by atoms with Gasteiger partial charge in [0.1, 0.15) is 11.6 Å². The molecule has 94 valence electrons. The monoisotopic (exact) mass is 240 g/mol. The number of rotatable bonds is 5. The van der Waals surface area contributed by atoms with Crippen LogP contribution >= 0.6 is 0 Å². The van der Waals surface area contributed by atoms with Crippen molar-refractivity contribution in [3.05, 3.63) is 29.6 Å². The maximum Gasteiger partial charge on any atom is 0.311 e. The number of carbonyl (C=O) groups is 1. The number of aliphatic carboxylic acids is 1. The Labute approximate surface area is 100 Å². The number of carboxylic acids is 1. The van der Waals surface area contributed by atoms with Gasteiger partial charge in [0.25, 0.3) is 0 Å². The van der Waals surface area contributed by atoms with Gasteiger partial charge in [0.05, 0.1) is 13.0 Å². The van der Waals surface area contributed by atoms with Gasteiger partial charge in [-0.15, -0.1) is 0 Å². The molecule has 0 bridgehead atoms. The molecule has 0 aliphatic carbocycles. The first-order valence-electron chi connectivity index (χ1n) is 5.52. The third kappa shape index (κ3) is 3.44. The van der Waals surface area contributed by atoms with Crippen LogP contribution in [0.1, 0.15) is 31.7 Å². The fraction of sp³-hybridized carbons (Fsp3) is 0.462. The molecule has 0 heterocycles. The predicted octanol–water partition coefficient (Wildman–Crippen LogP) is 3.05. The molecule has 0 saturated carbocycles. The largest absolute Gasteiger partial charge is 0.496 e. The quantitative estimate of drug-likeness (QED) is 0.860. The molecule has 0 saturated heterocycles. The molecule has 0 fully saturated rings. The molecule has 4 heteroatoms. The van der Waals surface area contributed by atoms with Crippen LogP contribution in [0.25, 0.3) is 0 Å². The van der Waals surface area contributed by atoms with Crippen molar-refractivity contribution < 1.29 is 19.0 Å². The van der Waals surface area contributed by atoms with E-state index in [1.165, 1.54) is 25.3 Å². The van der Waals surface area contributed by atoms with Gasteiger partial charge in [-0.25, -0.2) is 4.39 Å². The molecule has 1 N–H and O–H groups in total. The Kier molecular flexibility index (Phi) is 4.49. The highest BCUT2D eigenvalue weighted by atomic mass is 19.1. The maximum atomic E-state index is 13.2. The molecule has 1 aromatic carbocycles. The summed E-state index contributed by atoms with van der Waals surface area (Å²) in [5.74, 6) is -1.51. The Morgan fingerprint density at radius 2 is 2.12 bits per heavy atom. The average Bonchev–Trinajstić information content (AvgIpc) is 2.25. The number of benzene rings is 1. The van der Waals surface area contributed by atoms with E-state index in [2.05, 4.69) is 0 Å².